The summed E-state index contributed by atoms with van der Waals surface area (Å²) in [5, 5.41) is 12.9. The third-order valence-corrected chi connectivity index (χ3v) is 6.65. The molecular weight excluding hydrogens is 500 g/mol. The molecule has 0 bridgehead atoms. The molecule has 2 aromatic carbocycles. The third-order valence-electron chi connectivity index (χ3n) is 5.25. The van der Waals surface area contributed by atoms with E-state index in [9.17, 15) is 14.9 Å². The number of nitrogens with zero attached hydrogens (tertiary/aromatic N) is 1. The van der Waals surface area contributed by atoms with E-state index in [0.29, 0.717) is 28.7 Å². The average Bonchev–Trinajstić information content (AvgIpc) is 3.14. The molecule has 0 radical (unpaired) electrons. The quantitative estimate of drug-likeness (QED) is 0.199. The lowest BCUT2D eigenvalue weighted by molar-refractivity contribution is -0.112. The molecule has 0 saturated carbocycles. The fourth-order valence-electron chi connectivity index (χ4n) is 3.34. The maximum Gasteiger partial charge on any atom is 0.341 e. The number of nitrogens with one attached hydrogen (secondary N) is 1. The number of ether oxygens (including phenoxy) is 3. The molecule has 0 aliphatic rings. The molecule has 0 aliphatic carbocycles. The number of nitriles is 1. The molecule has 9 heteroatoms. The predicted octanol–water partition coefficient (Wildman–Crippen LogP) is 6.33. The molecule has 1 aromatic heterocycles. The standard InChI is InChI=1S/C27H25ClN2O5S/c1-5-34-27(32)23-16(2)17(3)36-26(23)30-25(31)20(14-29)11-19-12-21(28)24(22(13-19)33-4)35-15-18-9-7-6-8-10-18/h6-13H,5,15H2,1-4H3,(H,30,31)/b20-11+. The minimum atomic E-state index is -0.663. The Morgan fingerprint density at radius 3 is 2.56 bits per heavy atom. The van der Waals surface area contributed by atoms with Crippen LogP contribution in [0.15, 0.2) is 48.0 Å². The zero-order valence-electron chi connectivity index (χ0n) is 20.3. The lowest BCUT2D eigenvalue weighted by Gasteiger charge is -2.13. The van der Waals surface area contributed by atoms with Gasteiger partial charge < -0.3 is 19.5 Å². The van der Waals surface area contributed by atoms with Crippen LogP contribution in [0.4, 0.5) is 5.00 Å². The highest BCUT2D eigenvalue weighted by Gasteiger charge is 2.23. The molecule has 186 valence electrons. The molecule has 1 amide bonds. The Morgan fingerprint density at radius 1 is 1.19 bits per heavy atom. The first-order valence-corrected chi connectivity index (χ1v) is 12.2. The second-order valence-corrected chi connectivity index (χ2v) is 9.27. The summed E-state index contributed by atoms with van der Waals surface area (Å²) in [7, 11) is 1.48. The van der Waals surface area contributed by atoms with E-state index in [4.69, 9.17) is 25.8 Å². The molecule has 7 nitrogen and oxygen atoms in total. The summed E-state index contributed by atoms with van der Waals surface area (Å²) >= 11 is 7.70. The average molecular weight is 525 g/mol. The van der Waals surface area contributed by atoms with Gasteiger partial charge in [0.1, 0.15) is 23.3 Å². The lowest BCUT2D eigenvalue weighted by Crippen LogP contribution is -2.16. The van der Waals surface area contributed by atoms with Gasteiger partial charge in [0.05, 0.1) is 24.3 Å². The summed E-state index contributed by atoms with van der Waals surface area (Å²) in [6.45, 7) is 5.83. The van der Waals surface area contributed by atoms with E-state index >= 15 is 0 Å². The van der Waals surface area contributed by atoms with E-state index in [-0.39, 0.29) is 22.8 Å². The van der Waals surface area contributed by atoms with Crippen LogP contribution in [0.3, 0.4) is 0 Å². The fourth-order valence-corrected chi connectivity index (χ4v) is 4.66. The summed E-state index contributed by atoms with van der Waals surface area (Å²) in [5.41, 5.74) is 2.27. The van der Waals surface area contributed by atoms with Crippen LogP contribution in [-0.2, 0) is 16.1 Å². The van der Waals surface area contributed by atoms with Gasteiger partial charge in [-0.15, -0.1) is 11.3 Å². The summed E-state index contributed by atoms with van der Waals surface area (Å²) < 4.78 is 16.4. The van der Waals surface area contributed by atoms with Gasteiger partial charge in [0.15, 0.2) is 11.5 Å². The highest BCUT2D eigenvalue weighted by atomic mass is 35.5. The van der Waals surface area contributed by atoms with Gasteiger partial charge in [0.2, 0.25) is 0 Å². The zero-order valence-corrected chi connectivity index (χ0v) is 21.9. The van der Waals surface area contributed by atoms with E-state index in [1.807, 2.05) is 43.3 Å². The van der Waals surface area contributed by atoms with Crippen LogP contribution < -0.4 is 14.8 Å². The van der Waals surface area contributed by atoms with Gasteiger partial charge in [-0.3, -0.25) is 4.79 Å². The Bertz CT molecular complexity index is 1340. The van der Waals surface area contributed by atoms with E-state index in [2.05, 4.69) is 5.32 Å². The van der Waals surface area contributed by atoms with E-state index < -0.39 is 11.9 Å². The van der Waals surface area contributed by atoms with Gasteiger partial charge in [0, 0.05) is 4.88 Å². The first-order chi connectivity index (χ1) is 17.3. The lowest BCUT2D eigenvalue weighted by atomic mass is 10.1. The zero-order chi connectivity index (χ0) is 26.2. The van der Waals surface area contributed by atoms with Crippen molar-refractivity contribution in [1.82, 2.24) is 0 Å². The highest BCUT2D eigenvalue weighted by Crippen LogP contribution is 2.38. The number of methoxy groups -OCH3 is 1. The summed E-state index contributed by atoms with van der Waals surface area (Å²) in [4.78, 5) is 26.2. The number of aryl methyl sites for hydroxylation is 1. The van der Waals surface area contributed by atoms with Crippen LogP contribution in [0.2, 0.25) is 5.02 Å². The van der Waals surface area contributed by atoms with Crippen LogP contribution in [0.25, 0.3) is 6.08 Å². The minimum Gasteiger partial charge on any atom is -0.493 e. The number of halogens is 1. The molecule has 36 heavy (non-hydrogen) atoms. The third kappa shape index (κ3) is 6.25. The normalized spacial score (nSPS) is 10.9. The number of esters is 1. The second-order valence-electron chi connectivity index (χ2n) is 7.64. The first kappa shape index (κ1) is 26.8. The maximum absolute atomic E-state index is 12.9. The van der Waals surface area contributed by atoms with Gasteiger partial charge in [-0.25, -0.2) is 4.79 Å². The molecule has 3 aromatic rings. The largest absolute Gasteiger partial charge is 0.493 e. The monoisotopic (exact) mass is 524 g/mol. The molecule has 0 fully saturated rings. The van der Waals surface area contributed by atoms with Crippen LogP contribution >= 0.6 is 22.9 Å². The van der Waals surface area contributed by atoms with Crippen LogP contribution in [0.5, 0.6) is 11.5 Å². The Balaban J connectivity index is 1.86. The summed E-state index contributed by atoms with van der Waals surface area (Å²) in [6.07, 6.45) is 1.39. The number of hydrogen-bond donors (Lipinski definition) is 1. The van der Waals surface area contributed by atoms with Gasteiger partial charge in [-0.2, -0.15) is 5.26 Å². The Kier molecular flexibility index (Phi) is 9.12. The smallest absolute Gasteiger partial charge is 0.341 e. The molecule has 0 saturated heterocycles. The number of thiophene rings is 1. The molecule has 3 rings (SSSR count). The molecule has 0 spiro atoms. The van der Waals surface area contributed by atoms with Crippen molar-refractivity contribution in [3.63, 3.8) is 0 Å². The molecule has 1 N–H and O–H groups in total. The van der Waals surface area contributed by atoms with Gasteiger partial charge in [0.25, 0.3) is 5.91 Å². The van der Waals surface area contributed by atoms with Crippen LogP contribution in [-0.4, -0.2) is 25.6 Å². The Labute approximate surface area is 218 Å². The number of amides is 1. The molecular formula is C27H25ClN2O5S. The van der Waals surface area contributed by atoms with Crippen molar-refractivity contribution in [3.8, 4) is 17.6 Å². The van der Waals surface area contributed by atoms with Crippen molar-refractivity contribution < 1.29 is 23.8 Å². The van der Waals surface area contributed by atoms with Gasteiger partial charge in [-0.1, -0.05) is 41.9 Å². The Hall–Kier alpha value is -3.80. The van der Waals surface area contributed by atoms with Crippen molar-refractivity contribution in [1.29, 1.82) is 5.26 Å². The number of carbonyl (C=O) groups excluding carboxylic acids is 2. The molecule has 0 aliphatic heterocycles. The number of rotatable bonds is 9. The topological polar surface area (TPSA) is 97.7 Å². The predicted molar refractivity (Wildman–Crippen MR) is 141 cm³/mol. The van der Waals surface area contributed by atoms with Gasteiger partial charge in [-0.05, 0) is 55.7 Å². The highest BCUT2D eigenvalue weighted by molar-refractivity contribution is 7.16. The van der Waals surface area contributed by atoms with E-state index in [0.717, 1.165) is 16.0 Å². The van der Waals surface area contributed by atoms with E-state index in [1.54, 1.807) is 26.0 Å². The van der Waals surface area contributed by atoms with Crippen LogP contribution in [0.1, 0.15) is 38.8 Å². The molecule has 0 atom stereocenters. The van der Waals surface area contributed by atoms with Crippen molar-refractivity contribution in [2.45, 2.75) is 27.4 Å². The molecule has 1 heterocycles. The molecule has 0 unspecified atom stereocenters. The number of anilines is 1. The van der Waals surface area contributed by atoms with Crippen molar-refractivity contribution in [2.75, 3.05) is 19.0 Å². The second kappa shape index (κ2) is 12.2. The first-order valence-electron chi connectivity index (χ1n) is 11.0. The number of benzene rings is 2. The summed E-state index contributed by atoms with van der Waals surface area (Å²) in [5.74, 6) is -0.480. The van der Waals surface area contributed by atoms with Crippen molar-refractivity contribution in [2.24, 2.45) is 0 Å². The number of hydrogen-bond acceptors (Lipinski definition) is 7. The SMILES string of the molecule is CCOC(=O)c1c(NC(=O)/C(C#N)=C/c2cc(Cl)c(OCc3ccccc3)c(OC)c2)sc(C)c1C. The van der Waals surface area contributed by atoms with Crippen molar-refractivity contribution >= 4 is 45.9 Å². The maximum atomic E-state index is 12.9. The van der Waals surface area contributed by atoms with E-state index in [1.165, 1.54) is 24.5 Å². The fraction of sp³-hybridized carbons (Fsp3) is 0.222. The van der Waals surface area contributed by atoms with Crippen LogP contribution in [0, 0.1) is 25.2 Å². The minimum absolute atomic E-state index is 0.176. The van der Waals surface area contributed by atoms with Crippen molar-refractivity contribution in [3.05, 3.63) is 80.2 Å². The summed E-state index contributed by atoms with van der Waals surface area (Å²) in [6, 6.07) is 14.7. The van der Waals surface area contributed by atoms with Gasteiger partial charge >= 0.3 is 5.97 Å². The number of carbonyl (C=O) groups is 2. The Morgan fingerprint density at radius 2 is 1.92 bits per heavy atom.